The lowest BCUT2D eigenvalue weighted by atomic mass is 10.1. The van der Waals surface area contributed by atoms with E-state index in [1.807, 2.05) is 37.3 Å². The van der Waals surface area contributed by atoms with Gasteiger partial charge in [-0.1, -0.05) is 18.2 Å². The number of aromatic hydroxyl groups is 1. The van der Waals surface area contributed by atoms with E-state index in [0.29, 0.717) is 17.9 Å². The molecule has 0 aliphatic rings. The zero-order chi connectivity index (χ0) is 17.8. The number of aliphatic hydroxyl groups is 1. The predicted molar refractivity (Wildman–Crippen MR) is 101 cm³/mol. The first-order chi connectivity index (χ1) is 12.1. The summed E-state index contributed by atoms with van der Waals surface area (Å²) in [4.78, 5) is 0.754. The number of hydrogen-bond acceptors (Lipinski definition) is 5. The first-order valence-electron chi connectivity index (χ1n) is 7.99. The van der Waals surface area contributed by atoms with Crippen LogP contribution in [0.4, 0.5) is 0 Å². The Kier molecular flexibility index (Phi) is 5.26. The van der Waals surface area contributed by atoms with E-state index in [1.165, 1.54) is 11.3 Å². The summed E-state index contributed by atoms with van der Waals surface area (Å²) in [6, 6.07) is 12.4. The van der Waals surface area contributed by atoms with Crippen molar-refractivity contribution >= 4 is 21.4 Å². The summed E-state index contributed by atoms with van der Waals surface area (Å²) in [5, 5.41) is 21.2. The van der Waals surface area contributed by atoms with Crippen molar-refractivity contribution in [2.45, 2.75) is 19.4 Å². The molecule has 5 heteroatoms. The SMILES string of the molecule is CC=CCC(O)c1sc2cc(OC)ccc2c1Oc1cccc(O)c1. The second kappa shape index (κ2) is 7.59. The fraction of sp³-hybridized carbons (Fsp3) is 0.200. The number of allylic oxidation sites excluding steroid dienone is 1. The Balaban J connectivity index is 2.08. The maximum absolute atomic E-state index is 10.6. The molecule has 1 heterocycles. The van der Waals surface area contributed by atoms with Crippen molar-refractivity contribution < 1.29 is 19.7 Å². The van der Waals surface area contributed by atoms with Crippen LogP contribution in [-0.2, 0) is 0 Å². The van der Waals surface area contributed by atoms with Crippen LogP contribution >= 0.6 is 11.3 Å². The van der Waals surface area contributed by atoms with Crippen LogP contribution in [0.2, 0.25) is 0 Å². The number of ether oxygens (including phenoxy) is 2. The summed E-state index contributed by atoms with van der Waals surface area (Å²) in [5.74, 6) is 2.03. The van der Waals surface area contributed by atoms with Gasteiger partial charge < -0.3 is 19.7 Å². The van der Waals surface area contributed by atoms with Crippen molar-refractivity contribution in [3.8, 4) is 23.0 Å². The highest BCUT2D eigenvalue weighted by Gasteiger charge is 2.21. The molecule has 0 amide bonds. The molecule has 0 spiro atoms. The predicted octanol–water partition coefficient (Wildman–Crippen LogP) is 5.41. The highest BCUT2D eigenvalue weighted by atomic mass is 32.1. The number of methoxy groups -OCH3 is 1. The average molecular weight is 356 g/mol. The molecule has 0 aliphatic carbocycles. The molecule has 0 aliphatic heterocycles. The van der Waals surface area contributed by atoms with Gasteiger partial charge >= 0.3 is 0 Å². The third-order valence-corrected chi connectivity index (χ3v) is 5.05. The molecule has 0 radical (unpaired) electrons. The minimum Gasteiger partial charge on any atom is -0.508 e. The lowest BCUT2D eigenvalue weighted by Gasteiger charge is -2.11. The Hall–Kier alpha value is -2.50. The van der Waals surface area contributed by atoms with Crippen LogP contribution in [0.25, 0.3) is 10.1 Å². The van der Waals surface area contributed by atoms with Crippen molar-refractivity contribution in [3.63, 3.8) is 0 Å². The van der Waals surface area contributed by atoms with Gasteiger partial charge in [-0.25, -0.2) is 0 Å². The van der Waals surface area contributed by atoms with Crippen molar-refractivity contribution in [2.75, 3.05) is 7.11 Å². The van der Waals surface area contributed by atoms with Crippen LogP contribution in [0, 0.1) is 0 Å². The van der Waals surface area contributed by atoms with Gasteiger partial charge in [-0.05, 0) is 43.7 Å². The van der Waals surface area contributed by atoms with E-state index in [0.717, 1.165) is 20.7 Å². The van der Waals surface area contributed by atoms with Crippen LogP contribution in [0.1, 0.15) is 24.3 Å². The molecule has 1 atom stereocenters. The Morgan fingerprint density at radius 3 is 2.72 bits per heavy atom. The second-order valence-corrected chi connectivity index (χ2v) is 6.66. The second-order valence-electron chi connectivity index (χ2n) is 5.58. The number of fused-ring (bicyclic) bond motifs is 1. The summed E-state index contributed by atoms with van der Waals surface area (Å²) in [5.41, 5.74) is 0. The van der Waals surface area contributed by atoms with E-state index in [2.05, 4.69) is 0 Å². The number of aliphatic hydroxyl groups excluding tert-OH is 1. The van der Waals surface area contributed by atoms with E-state index in [-0.39, 0.29) is 5.75 Å². The Labute approximate surface area is 150 Å². The highest BCUT2D eigenvalue weighted by Crippen LogP contribution is 2.45. The van der Waals surface area contributed by atoms with Crippen molar-refractivity contribution in [2.24, 2.45) is 0 Å². The molecule has 3 rings (SSSR count). The van der Waals surface area contributed by atoms with Gasteiger partial charge in [-0.15, -0.1) is 11.3 Å². The van der Waals surface area contributed by atoms with Crippen molar-refractivity contribution in [3.05, 3.63) is 59.5 Å². The fourth-order valence-electron chi connectivity index (χ4n) is 2.56. The molecule has 25 heavy (non-hydrogen) atoms. The van der Waals surface area contributed by atoms with Crippen molar-refractivity contribution in [1.82, 2.24) is 0 Å². The Morgan fingerprint density at radius 2 is 2.00 bits per heavy atom. The quantitative estimate of drug-likeness (QED) is 0.580. The Bertz CT molecular complexity index is 898. The molecular weight excluding hydrogens is 336 g/mol. The molecule has 2 N–H and O–H groups in total. The topological polar surface area (TPSA) is 58.9 Å². The summed E-state index contributed by atoms with van der Waals surface area (Å²) < 4.78 is 12.3. The monoisotopic (exact) mass is 356 g/mol. The summed E-state index contributed by atoms with van der Waals surface area (Å²) in [6.45, 7) is 1.92. The number of rotatable bonds is 6. The normalized spacial score (nSPS) is 12.6. The molecule has 0 bridgehead atoms. The molecule has 130 valence electrons. The van der Waals surface area contributed by atoms with Gasteiger partial charge in [0.2, 0.25) is 0 Å². The van der Waals surface area contributed by atoms with Gasteiger partial charge in [0.25, 0.3) is 0 Å². The first-order valence-corrected chi connectivity index (χ1v) is 8.80. The van der Waals surface area contributed by atoms with Crippen LogP contribution < -0.4 is 9.47 Å². The minimum absolute atomic E-state index is 0.134. The lowest BCUT2D eigenvalue weighted by molar-refractivity contribution is 0.182. The maximum Gasteiger partial charge on any atom is 0.151 e. The zero-order valence-corrected chi connectivity index (χ0v) is 14.9. The first kappa shape index (κ1) is 17.3. The molecule has 0 fully saturated rings. The van der Waals surface area contributed by atoms with Gasteiger partial charge in [-0.3, -0.25) is 0 Å². The van der Waals surface area contributed by atoms with Crippen LogP contribution in [0.15, 0.2) is 54.6 Å². The zero-order valence-electron chi connectivity index (χ0n) is 14.1. The van der Waals surface area contributed by atoms with E-state index in [4.69, 9.17) is 9.47 Å². The largest absolute Gasteiger partial charge is 0.508 e. The molecule has 1 aromatic heterocycles. The van der Waals surface area contributed by atoms with E-state index in [1.54, 1.807) is 31.4 Å². The van der Waals surface area contributed by atoms with E-state index >= 15 is 0 Å². The molecule has 1 unspecified atom stereocenters. The third kappa shape index (κ3) is 3.78. The summed E-state index contributed by atoms with van der Waals surface area (Å²) >= 11 is 1.48. The smallest absolute Gasteiger partial charge is 0.151 e. The van der Waals surface area contributed by atoms with Gasteiger partial charge in [-0.2, -0.15) is 0 Å². The average Bonchev–Trinajstić information content (AvgIpc) is 2.97. The summed E-state index contributed by atoms with van der Waals surface area (Å²) in [7, 11) is 1.63. The van der Waals surface area contributed by atoms with Crippen LogP contribution in [0.3, 0.4) is 0 Å². The number of hydrogen-bond donors (Lipinski definition) is 2. The van der Waals surface area contributed by atoms with Crippen molar-refractivity contribution in [1.29, 1.82) is 0 Å². The third-order valence-electron chi connectivity index (χ3n) is 3.81. The van der Waals surface area contributed by atoms with Gasteiger partial charge in [0, 0.05) is 16.2 Å². The Morgan fingerprint density at radius 1 is 1.16 bits per heavy atom. The van der Waals surface area contributed by atoms with Gasteiger partial charge in [0.1, 0.15) is 17.2 Å². The number of phenols is 1. The fourth-order valence-corrected chi connectivity index (χ4v) is 3.72. The van der Waals surface area contributed by atoms with E-state index < -0.39 is 6.10 Å². The standard InChI is InChI=1S/C20H20O4S/c1-3-4-8-17(22)20-19(24-15-7-5-6-13(21)11-15)16-10-9-14(23-2)12-18(16)25-20/h3-7,9-12,17,21-22H,8H2,1-2H3. The van der Waals surface area contributed by atoms with Gasteiger partial charge in [0.05, 0.1) is 18.1 Å². The number of benzene rings is 2. The molecule has 4 nitrogen and oxygen atoms in total. The minimum atomic E-state index is -0.660. The lowest BCUT2D eigenvalue weighted by Crippen LogP contribution is -1.95. The molecule has 0 saturated carbocycles. The van der Waals surface area contributed by atoms with Crippen LogP contribution in [-0.4, -0.2) is 17.3 Å². The molecular formula is C20H20O4S. The number of thiophene rings is 1. The van der Waals surface area contributed by atoms with Gasteiger partial charge in [0.15, 0.2) is 5.75 Å². The summed E-state index contributed by atoms with van der Waals surface area (Å²) in [6.07, 6.45) is 3.69. The maximum atomic E-state index is 10.6. The molecule has 2 aromatic carbocycles. The van der Waals surface area contributed by atoms with Crippen LogP contribution in [0.5, 0.6) is 23.0 Å². The molecule has 3 aromatic rings. The molecule has 0 saturated heterocycles. The van der Waals surface area contributed by atoms with E-state index in [9.17, 15) is 10.2 Å². The number of phenolic OH excluding ortho intramolecular Hbond substituents is 1. The highest BCUT2D eigenvalue weighted by molar-refractivity contribution is 7.19.